The summed E-state index contributed by atoms with van der Waals surface area (Å²) in [6, 6.07) is 10.6. The lowest BCUT2D eigenvalue weighted by Gasteiger charge is -2.23. The first-order chi connectivity index (χ1) is 9.42. The van der Waals surface area contributed by atoms with Crippen LogP contribution in [-0.2, 0) is 5.41 Å². The van der Waals surface area contributed by atoms with Crippen molar-refractivity contribution in [2.75, 3.05) is 0 Å². The van der Waals surface area contributed by atoms with E-state index in [1.54, 1.807) is 0 Å². The molecule has 0 aliphatic carbocycles. The molecule has 0 saturated heterocycles. The number of carboxylic acids is 1. The second kappa shape index (κ2) is 5.41. The topological polar surface area (TPSA) is 59.7 Å². The van der Waals surface area contributed by atoms with Gasteiger partial charge in [0.25, 0.3) is 5.95 Å². The molecule has 2 aromatic rings. The molecule has 0 unspecified atom stereocenters. The van der Waals surface area contributed by atoms with Gasteiger partial charge in [-0.2, -0.15) is 0 Å². The molecule has 0 aliphatic heterocycles. The van der Waals surface area contributed by atoms with Crippen molar-refractivity contribution in [2.45, 2.75) is 32.6 Å². The van der Waals surface area contributed by atoms with E-state index in [9.17, 15) is 4.79 Å². The quantitative estimate of drug-likeness (QED) is 0.874. The molecule has 1 heterocycles. The number of hydrogen-bond acceptors (Lipinski definition) is 3. The lowest BCUT2D eigenvalue weighted by Crippen LogP contribution is -2.14. The van der Waals surface area contributed by atoms with E-state index in [1.165, 1.54) is 17.7 Å². The molecule has 0 saturated carbocycles. The Labute approximate surface area is 118 Å². The second-order valence-corrected chi connectivity index (χ2v) is 5.29. The summed E-state index contributed by atoms with van der Waals surface area (Å²) in [4.78, 5) is 10.7. The van der Waals surface area contributed by atoms with E-state index in [2.05, 4.69) is 20.8 Å². The molecule has 0 aliphatic rings. The van der Waals surface area contributed by atoms with Gasteiger partial charge in [-0.05, 0) is 35.6 Å². The van der Waals surface area contributed by atoms with Gasteiger partial charge in [-0.15, -0.1) is 0 Å². The monoisotopic (exact) mass is 274 g/mol. The predicted molar refractivity (Wildman–Crippen MR) is 75.5 cm³/mol. The molecule has 1 N–H and O–H groups in total. The average molecular weight is 274 g/mol. The largest absolute Gasteiger partial charge is 0.475 e. The third kappa shape index (κ3) is 3.02. The lowest BCUT2D eigenvalue weighted by atomic mass is 9.82. The maximum Gasteiger partial charge on any atom is 0.371 e. The van der Waals surface area contributed by atoms with Crippen molar-refractivity contribution >= 4 is 5.97 Å². The predicted octanol–water partition coefficient (Wildman–Crippen LogP) is 4.46. The van der Waals surface area contributed by atoms with E-state index in [-0.39, 0.29) is 17.1 Å². The van der Waals surface area contributed by atoms with Crippen molar-refractivity contribution in [3.8, 4) is 11.7 Å². The lowest BCUT2D eigenvalue weighted by molar-refractivity contribution is 0.0657. The van der Waals surface area contributed by atoms with Crippen molar-refractivity contribution in [2.24, 2.45) is 0 Å². The third-order valence-electron chi connectivity index (χ3n) is 3.53. The van der Waals surface area contributed by atoms with Crippen LogP contribution in [0.3, 0.4) is 0 Å². The maximum absolute atomic E-state index is 10.7. The number of carboxylic acid groups (broad SMARTS) is 1. The zero-order valence-electron chi connectivity index (χ0n) is 11.8. The molecule has 0 spiro atoms. The minimum atomic E-state index is -1.11. The van der Waals surface area contributed by atoms with E-state index in [0.29, 0.717) is 5.75 Å². The SMILES string of the molecule is CCC(C)(C)c1ccc(Oc2ccc(C(=O)O)o2)cc1. The Morgan fingerprint density at radius 2 is 1.85 bits per heavy atom. The summed E-state index contributed by atoms with van der Waals surface area (Å²) in [6.07, 6.45) is 1.05. The highest BCUT2D eigenvalue weighted by molar-refractivity contribution is 5.84. The third-order valence-corrected chi connectivity index (χ3v) is 3.53. The molecule has 0 amide bonds. The Morgan fingerprint density at radius 1 is 1.20 bits per heavy atom. The molecule has 0 bridgehead atoms. The summed E-state index contributed by atoms with van der Waals surface area (Å²) in [5, 5.41) is 8.77. The van der Waals surface area contributed by atoms with Gasteiger partial charge >= 0.3 is 5.97 Å². The summed E-state index contributed by atoms with van der Waals surface area (Å²) >= 11 is 0. The van der Waals surface area contributed by atoms with Crippen LogP contribution in [0.15, 0.2) is 40.8 Å². The van der Waals surface area contributed by atoms with Crippen molar-refractivity contribution in [3.05, 3.63) is 47.7 Å². The van der Waals surface area contributed by atoms with E-state index < -0.39 is 5.97 Å². The molecule has 4 heteroatoms. The summed E-state index contributed by atoms with van der Waals surface area (Å²) < 4.78 is 10.5. The minimum absolute atomic E-state index is 0.125. The van der Waals surface area contributed by atoms with Crippen LogP contribution >= 0.6 is 0 Å². The average Bonchev–Trinajstić information content (AvgIpc) is 2.88. The molecule has 1 aromatic carbocycles. The smallest absolute Gasteiger partial charge is 0.371 e. The number of rotatable bonds is 5. The zero-order valence-corrected chi connectivity index (χ0v) is 11.8. The first-order valence-corrected chi connectivity index (χ1v) is 6.54. The van der Waals surface area contributed by atoms with Gasteiger partial charge in [-0.3, -0.25) is 0 Å². The van der Waals surface area contributed by atoms with Crippen molar-refractivity contribution in [1.29, 1.82) is 0 Å². The fourth-order valence-corrected chi connectivity index (χ4v) is 1.78. The first kappa shape index (κ1) is 14.2. The van der Waals surface area contributed by atoms with Crippen molar-refractivity contribution < 1.29 is 19.1 Å². The van der Waals surface area contributed by atoms with Crippen LogP contribution in [-0.4, -0.2) is 11.1 Å². The zero-order chi connectivity index (χ0) is 14.8. The molecule has 0 radical (unpaired) electrons. The van der Waals surface area contributed by atoms with Crippen LogP contribution < -0.4 is 4.74 Å². The Morgan fingerprint density at radius 3 is 2.35 bits per heavy atom. The van der Waals surface area contributed by atoms with Gasteiger partial charge in [-0.25, -0.2) is 4.79 Å². The summed E-state index contributed by atoms with van der Waals surface area (Å²) in [5.74, 6) is -0.458. The van der Waals surface area contributed by atoms with Crippen molar-refractivity contribution in [1.82, 2.24) is 0 Å². The molecule has 0 fully saturated rings. The summed E-state index contributed by atoms with van der Waals surface area (Å²) in [5.41, 5.74) is 1.36. The number of benzene rings is 1. The van der Waals surface area contributed by atoms with E-state index in [0.717, 1.165) is 6.42 Å². The van der Waals surface area contributed by atoms with Crippen LogP contribution in [0.1, 0.15) is 43.3 Å². The van der Waals surface area contributed by atoms with E-state index >= 15 is 0 Å². The van der Waals surface area contributed by atoms with Crippen LogP contribution in [0.5, 0.6) is 11.7 Å². The highest BCUT2D eigenvalue weighted by Gasteiger charge is 2.17. The Bertz CT molecular complexity index is 593. The maximum atomic E-state index is 10.7. The molecule has 20 heavy (non-hydrogen) atoms. The summed E-state index contributed by atoms with van der Waals surface area (Å²) in [6.45, 7) is 6.53. The number of aromatic carboxylic acids is 1. The number of carbonyl (C=O) groups is 1. The molecular weight excluding hydrogens is 256 g/mol. The first-order valence-electron chi connectivity index (χ1n) is 6.54. The number of ether oxygens (including phenoxy) is 1. The minimum Gasteiger partial charge on any atom is -0.475 e. The van der Waals surface area contributed by atoms with Crippen LogP contribution in [0.25, 0.3) is 0 Å². The van der Waals surface area contributed by atoms with E-state index in [1.807, 2.05) is 24.3 Å². The Hall–Kier alpha value is -2.23. The number of hydrogen-bond donors (Lipinski definition) is 1. The molecule has 1 aromatic heterocycles. The van der Waals surface area contributed by atoms with Gasteiger partial charge in [0.05, 0.1) is 0 Å². The van der Waals surface area contributed by atoms with Crippen molar-refractivity contribution in [3.63, 3.8) is 0 Å². The molecule has 4 nitrogen and oxygen atoms in total. The van der Waals surface area contributed by atoms with Gasteiger partial charge in [0.2, 0.25) is 5.76 Å². The van der Waals surface area contributed by atoms with Gasteiger partial charge in [0, 0.05) is 6.07 Å². The Kier molecular flexibility index (Phi) is 3.84. The fraction of sp³-hybridized carbons (Fsp3) is 0.312. The van der Waals surface area contributed by atoms with E-state index in [4.69, 9.17) is 14.3 Å². The van der Waals surface area contributed by atoms with Gasteiger partial charge < -0.3 is 14.3 Å². The summed E-state index contributed by atoms with van der Waals surface area (Å²) in [7, 11) is 0. The molecule has 0 atom stereocenters. The normalized spacial score (nSPS) is 11.3. The van der Waals surface area contributed by atoms with Gasteiger partial charge in [-0.1, -0.05) is 32.9 Å². The van der Waals surface area contributed by atoms with Crippen LogP contribution in [0.4, 0.5) is 0 Å². The van der Waals surface area contributed by atoms with Gasteiger partial charge in [0.1, 0.15) is 5.75 Å². The van der Waals surface area contributed by atoms with Gasteiger partial charge in [0.15, 0.2) is 0 Å². The van der Waals surface area contributed by atoms with Crippen LogP contribution in [0.2, 0.25) is 0 Å². The molecule has 2 rings (SSSR count). The molecular formula is C16H18O4. The number of furan rings is 1. The highest BCUT2D eigenvalue weighted by atomic mass is 16.6. The second-order valence-electron chi connectivity index (χ2n) is 5.29. The highest BCUT2D eigenvalue weighted by Crippen LogP contribution is 2.30. The van der Waals surface area contributed by atoms with Crippen LogP contribution in [0, 0.1) is 0 Å². The fourth-order valence-electron chi connectivity index (χ4n) is 1.78. The standard InChI is InChI=1S/C16H18O4/c1-4-16(2,3)11-5-7-12(8-6-11)19-14-10-9-13(20-14)15(17)18/h5-10H,4H2,1-3H3,(H,17,18). The Balaban J connectivity index is 2.12. The molecule has 106 valence electrons.